The van der Waals surface area contributed by atoms with Crippen LogP contribution in [0, 0.1) is 6.92 Å². The Hall–Kier alpha value is -0.580. The first-order chi connectivity index (χ1) is 7.04. The van der Waals surface area contributed by atoms with Crippen molar-refractivity contribution in [1.82, 2.24) is 0 Å². The molecule has 2 N–H and O–H groups in total. The van der Waals surface area contributed by atoms with E-state index in [0.717, 1.165) is 15.6 Å². The van der Waals surface area contributed by atoms with Crippen LogP contribution in [0.5, 0.6) is 0 Å². The minimum atomic E-state index is -0.300. The molecule has 0 amide bonds. The zero-order valence-electron chi connectivity index (χ0n) is 9.20. The number of benzene rings is 1. The number of methoxy groups -OCH3 is 1. The Morgan fingerprint density at radius 3 is 2.69 bits per heavy atom. The fraction of sp³-hybridized carbons (Fsp3) is 0.364. The number of esters is 1. The van der Waals surface area contributed by atoms with Crippen molar-refractivity contribution in [3.8, 4) is 0 Å². The smallest absolute Gasteiger partial charge is 0.307 e. The summed E-state index contributed by atoms with van der Waals surface area (Å²) in [4.78, 5) is 11.1. The highest BCUT2D eigenvalue weighted by molar-refractivity contribution is 9.10. The second-order valence-electron chi connectivity index (χ2n) is 3.39. The van der Waals surface area contributed by atoms with Crippen LogP contribution in [0.15, 0.2) is 22.7 Å². The molecular weight excluding hydrogens is 293 g/mol. The van der Waals surface area contributed by atoms with Crippen LogP contribution < -0.4 is 5.73 Å². The van der Waals surface area contributed by atoms with Crippen LogP contribution in [0.4, 0.5) is 0 Å². The topological polar surface area (TPSA) is 52.3 Å². The van der Waals surface area contributed by atoms with Gasteiger partial charge in [0.25, 0.3) is 0 Å². The summed E-state index contributed by atoms with van der Waals surface area (Å²) >= 11 is 3.38. The highest BCUT2D eigenvalue weighted by Gasteiger charge is 2.13. The van der Waals surface area contributed by atoms with Gasteiger partial charge >= 0.3 is 5.97 Å². The third kappa shape index (κ3) is 4.12. The van der Waals surface area contributed by atoms with E-state index in [1.807, 2.05) is 25.1 Å². The second-order valence-corrected chi connectivity index (χ2v) is 4.30. The summed E-state index contributed by atoms with van der Waals surface area (Å²) in [6.45, 7) is 1.97. The fourth-order valence-corrected chi connectivity index (χ4v) is 1.90. The summed E-state index contributed by atoms with van der Waals surface area (Å²) in [5.41, 5.74) is 7.95. The number of hydrogen-bond acceptors (Lipinski definition) is 3. The van der Waals surface area contributed by atoms with Gasteiger partial charge in [0, 0.05) is 10.5 Å². The van der Waals surface area contributed by atoms with E-state index in [2.05, 4.69) is 20.7 Å². The third-order valence-corrected chi connectivity index (χ3v) is 2.74. The Morgan fingerprint density at radius 1 is 1.56 bits per heavy atom. The molecule has 0 saturated heterocycles. The van der Waals surface area contributed by atoms with Crippen LogP contribution in [-0.2, 0) is 9.53 Å². The Labute approximate surface area is 110 Å². The first kappa shape index (κ1) is 15.4. The predicted octanol–water partition coefficient (Wildman–Crippen LogP) is 2.74. The quantitative estimate of drug-likeness (QED) is 0.874. The Balaban J connectivity index is 0.00000225. The van der Waals surface area contributed by atoms with E-state index in [1.165, 1.54) is 7.11 Å². The van der Waals surface area contributed by atoms with Crippen LogP contribution in [-0.4, -0.2) is 13.1 Å². The summed E-state index contributed by atoms with van der Waals surface area (Å²) < 4.78 is 5.59. The van der Waals surface area contributed by atoms with Gasteiger partial charge in [-0.3, -0.25) is 4.79 Å². The molecule has 0 fully saturated rings. The molecule has 0 bridgehead atoms. The summed E-state index contributed by atoms with van der Waals surface area (Å²) in [5.74, 6) is -0.287. The first-order valence-corrected chi connectivity index (χ1v) is 5.42. The largest absolute Gasteiger partial charge is 0.469 e. The number of aryl methyl sites for hydroxylation is 1. The third-order valence-electron chi connectivity index (χ3n) is 2.25. The maximum absolute atomic E-state index is 11.1. The first-order valence-electron chi connectivity index (χ1n) is 4.63. The molecule has 0 aromatic heterocycles. The molecule has 3 nitrogen and oxygen atoms in total. The van der Waals surface area contributed by atoms with Gasteiger partial charge in [0.15, 0.2) is 0 Å². The van der Waals surface area contributed by atoms with E-state index < -0.39 is 0 Å². The van der Waals surface area contributed by atoms with Crippen LogP contribution in [0.3, 0.4) is 0 Å². The Kier molecular flexibility index (Phi) is 6.64. The number of ether oxygens (including phenoxy) is 1. The van der Waals surface area contributed by atoms with Gasteiger partial charge in [-0.1, -0.05) is 22.0 Å². The summed E-state index contributed by atoms with van der Waals surface area (Å²) in [6, 6.07) is 5.52. The molecule has 0 saturated carbocycles. The molecular formula is C11H15BrClNO2. The van der Waals surface area contributed by atoms with E-state index >= 15 is 0 Å². The number of carbonyl (C=O) groups is 1. The lowest BCUT2D eigenvalue weighted by Gasteiger charge is -2.13. The predicted molar refractivity (Wildman–Crippen MR) is 69.7 cm³/mol. The van der Waals surface area contributed by atoms with Gasteiger partial charge in [-0.25, -0.2) is 0 Å². The molecule has 0 aliphatic heterocycles. The molecule has 1 aromatic carbocycles. The van der Waals surface area contributed by atoms with E-state index in [4.69, 9.17) is 5.73 Å². The Bertz CT molecular complexity index is 371. The van der Waals surface area contributed by atoms with Crippen LogP contribution in [0.1, 0.15) is 23.6 Å². The zero-order chi connectivity index (χ0) is 11.4. The molecule has 1 aromatic rings. The van der Waals surface area contributed by atoms with E-state index in [-0.39, 0.29) is 30.8 Å². The normalized spacial score (nSPS) is 11.5. The molecule has 0 radical (unpaired) electrons. The molecule has 0 heterocycles. The molecule has 90 valence electrons. The average molecular weight is 309 g/mol. The number of nitrogens with two attached hydrogens (primary N) is 1. The Morgan fingerprint density at radius 2 is 2.19 bits per heavy atom. The minimum Gasteiger partial charge on any atom is -0.469 e. The second kappa shape index (κ2) is 6.89. The van der Waals surface area contributed by atoms with Crippen molar-refractivity contribution < 1.29 is 9.53 Å². The molecule has 1 atom stereocenters. The lowest BCUT2D eigenvalue weighted by atomic mass is 10.00. The average Bonchev–Trinajstić information content (AvgIpc) is 2.17. The van der Waals surface area contributed by atoms with Crippen LogP contribution >= 0.6 is 28.3 Å². The number of halogens is 2. The van der Waals surface area contributed by atoms with Crippen molar-refractivity contribution in [2.75, 3.05) is 7.11 Å². The standard InChI is InChI=1S/C11H14BrNO2.ClH/c1-7-5-8(12)3-4-9(7)10(13)6-11(14)15-2;/h3-5,10H,6,13H2,1-2H3;1H/t10-;/m1./s1. The van der Waals surface area contributed by atoms with Crippen molar-refractivity contribution in [2.45, 2.75) is 19.4 Å². The summed E-state index contributed by atoms with van der Waals surface area (Å²) in [6.07, 6.45) is 0.207. The van der Waals surface area contributed by atoms with Gasteiger partial charge < -0.3 is 10.5 Å². The van der Waals surface area contributed by atoms with Crippen LogP contribution in [0.25, 0.3) is 0 Å². The molecule has 0 unspecified atom stereocenters. The van der Waals surface area contributed by atoms with Crippen molar-refractivity contribution in [3.63, 3.8) is 0 Å². The van der Waals surface area contributed by atoms with E-state index in [0.29, 0.717) is 0 Å². The van der Waals surface area contributed by atoms with E-state index in [9.17, 15) is 4.79 Å². The molecule has 1 rings (SSSR count). The van der Waals surface area contributed by atoms with Gasteiger partial charge in [0.2, 0.25) is 0 Å². The maximum atomic E-state index is 11.1. The fourth-order valence-electron chi connectivity index (χ4n) is 1.43. The van der Waals surface area contributed by atoms with E-state index in [1.54, 1.807) is 0 Å². The van der Waals surface area contributed by atoms with Crippen molar-refractivity contribution in [2.24, 2.45) is 5.73 Å². The van der Waals surface area contributed by atoms with Crippen LogP contribution in [0.2, 0.25) is 0 Å². The number of carbonyl (C=O) groups excluding carboxylic acids is 1. The summed E-state index contributed by atoms with van der Waals surface area (Å²) in [7, 11) is 1.36. The minimum absolute atomic E-state index is 0. The van der Waals surface area contributed by atoms with Crippen molar-refractivity contribution >= 4 is 34.3 Å². The monoisotopic (exact) mass is 307 g/mol. The van der Waals surface area contributed by atoms with Gasteiger partial charge in [0.1, 0.15) is 0 Å². The SMILES string of the molecule is COC(=O)C[C@@H](N)c1ccc(Br)cc1C.Cl. The lowest BCUT2D eigenvalue weighted by molar-refractivity contribution is -0.141. The number of rotatable bonds is 3. The van der Waals surface area contributed by atoms with Gasteiger partial charge in [0.05, 0.1) is 13.5 Å². The highest BCUT2D eigenvalue weighted by Crippen LogP contribution is 2.22. The maximum Gasteiger partial charge on any atom is 0.307 e. The van der Waals surface area contributed by atoms with Crippen molar-refractivity contribution in [3.05, 3.63) is 33.8 Å². The molecule has 0 spiro atoms. The number of hydrogen-bond donors (Lipinski definition) is 1. The summed E-state index contributed by atoms with van der Waals surface area (Å²) in [5, 5.41) is 0. The molecule has 0 aliphatic carbocycles. The zero-order valence-corrected chi connectivity index (χ0v) is 11.6. The molecule has 0 aliphatic rings. The van der Waals surface area contributed by atoms with Gasteiger partial charge in [-0.2, -0.15) is 0 Å². The molecule has 16 heavy (non-hydrogen) atoms. The van der Waals surface area contributed by atoms with Gasteiger partial charge in [-0.05, 0) is 30.2 Å². The lowest BCUT2D eigenvalue weighted by Crippen LogP contribution is -2.17. The molecule has 5 heteroatoms. The van der Waals surface area contributed by atoms with Gasteiger partial charge in [-0.15, -0.1) is 12.4 Å². The van der Waals surface area contributed by atoms with Crippen molar-refractivity contribution in [1.29, 1.82) is 0 Å². The highest BCUT2D eigenvalue weighted by atomic mass is 79.9.